The lowest BCUT2D eigenvalue weighted by Gasteiger charge is -2.36. The smallest absolute Gasteiger partial charge is 0.321 e. The number of aryl methyl sites for hydroxylation is 2. The Morgan fingerprint density at radius 1 is 0.960 bits per heavy atom. The summed E-state index contributed by atoms with van der Waals surface area (Å²) < 4.78 is 0. The molecule has 1 fully saturated rings. The summed E-state index contributed by atoms with van der Waals surface area (Å²) in [7, 11) is 0. The summed E-state index contributed by atoms with van der Waals surface area (Å²) in [6.07, 6.45) is 0. The van der Waals surface area contributed by atoms with E-state index < -0.39 is 0 Å². The Morgan fingerprint density at radius 3 is 2.32 bits per heavy atom. The molecule has 1 heterocycles. The number of carbonyl (C=O) groups excluding carboxylic acids is 1. The first-order valence-electron chi connectivity index (χ1n) is 8.27. The summed E-state index contributed by atoms with van der Waals surface area (Å²) in [5.74, 6) is 0. The number of halogens is 2. The molecule has 1 N–H and O–H groups in total. The van der Waals surface area contributed by atoms with E-state index in [2.05, 4.69) is 16.3 Å². The molecule has 4 nitrogen and oxygen atoms in total. The summed E-state index contributed by atoms with van der Waals surface area (Å²) in [5.41, 5.74) is 4.15. The summed E-state index contributed by atoms with van der Waals surface area (Å²) >= 11 is 12.1. The van der Waals surface area contributed by atoms with Crippen LogP contribution in [-0.4, -0.2) is 37.1 Å². The molecule has 0 aromatic heterocycles. The number of nitrogens with one attached hydrogen (secondary N) is 1. The van der Waals surface area contributed by atoms with Crippen molar-refractivity contribution in [3.05, 3.63) is 57.6 Å². The van der Waals surface area contributed by atoms with Crippen LogP contribution in [0.2, 0.25) is 10.0 Å². The second-order valence-corrected chi connectivity index (χ2v) is 7.14. The quantitative estimate of drug-likeness (QED) is 0.801. The van der Waals surface area contributed by atoms with E-state index in [0.717, 1.165) is 30.0 Å². The summed E-state index contributed by atoms with van der Waals surface area (Å²) in [6.45, 7) is 6.90. The number of rotatable bonds is 2. The van der Waals surface area contributed by atoms with Crippen LogP contribution in [0.3, 0.4) is 0 Å². The normalized spacial score (nSPS) is 14.6. The van der Waals surface area contributed by atoms with Crippen molar-refractivity contribution in [3.63, 3.8) is 0 Å². The number of carbonyl (C=O) groups is 1. The molecule has 1 aliphatic heterocycles. The summed E-state index contributed by atoms with van der Waals surface area (Å²) in [4.78, 5) is 16.6. The van der Waals surface area contributed by atoms with Crippen molar-refractivity contribution in [1.82, 2.24) is 4.90 Å². The first-order valence-corrected chi connectivity index (χ1v) is 9.03. The van der Waals surface area contributed by atoms with Gasteiger partial charge in [-0.15, -0.1) is 0 Å². The van der Waals surface area contributed by atoms with E-state index in [9.17, 15) is 4.79 Å². The van der Waals surface area contributed by atoms with Crippen LogP contribution in [0.25, 0.3) is 0 Å². The molecule has 0 saturated carbocycles. The van der Waals surface area contributed by atoms with Crippen LogP contribution in [0.1, 0.15) is 11.1 Å². The van der Waals surface area contributed by atoms with Gasteiger partial charge in [-0.1, -0.05) is 40.9 Å². The van der Waals surface area contributed by atoms with Gasteiger partial charge in [0, 0.05) is 37.6 Å². The molecule has 25 heavy (non-hydrogen) atoms. The molecule has 0 radical (unpaired) electrons. The second-order valence-electron chi connectivity index (χ2n) is 6.32. The fourth-order valence-electron chi connectivity index (χ4n) is 3.00. The topological polar surface area (TPSA) is 35.6 Å². The molecule has 6 heteroatoms. The highest BCUT2D eigenvalue weighted by Gasteiger charge is 2.22. The van der Waals surface area contributed by atoms with Gasteiger partial charge in [0.05, 0.1) is 10.0 Å². The third-order valence-electron chi connectivity index (χ3n) is 4.46. The number of piperazine rings is 1. The van der Waals surface area contributed by atoms with Crippen LogP contribution in [0.5, 0.6) is 0 Å². The molecule has 1 aliphatic rings. The number of amides is 2. The predicted octanol–water partition coefficient (Wildman–Crippen LogP) is 4.96. The van der Waals surface area contributed by atoms with Crippen molar-refractivity contribution in [1.29, 1.82) is 0 Å². The third kappa shape index (κ3) is 4.20. The number of hydrogen-bond donors (Lipinski definition) is 1. The fourth-order valence-corrected chi connectivity index (χ4v) is 3.29. The lowest BCUT2D eigenvalue weighted by molar-refractivity contribution is 0.208. The van der Waals surface area contributed by atoms with E-state index in [0.29, 0.717) is 23.1 Å². The standard InChI is InChI=1S/C19H21Cl2N3O/c1-13-3-6-18(14(2)11-13)22-19(25)24-9-7-23(8-10-24)15-4-5-16(20)17(21)12-15/h3-6,11-12H,7-10H2,1-2H3,(H,22,25). The molecule has 2 aromatic rings. The van der Waals surface area contributed by atoms with Gasteiger partial charge in [-0.3, -0.25) is 0 Å². The first-order chi connectivity index (χ1) is 11.9. The van der Waals surface area contributed by atoms with Crippen LogP contribution < -0.4 is 10.2 Å². The van der Waals surface area contributed by atoms with E-state index in [1.54, 1.807) is 6.07 Å². The monoisotopic (exact) mass is 377 g/mol. The maximum absolute atomic E-state index is 12.5. The fraction of sp³-hybridized carbons (Fsp3) is 0.316. The average molecular weight is 378 g/mol. The molecule has 0 aliphatic carbocycles. The first kappa shape index (κ1) is 17.9. The van der Waals surface area contributed by atoms with Gasteiger partial charge in [-0.25, -0.2) is 4.79 Å². The Morgan fingerprint density at radius 2 is 1.68 bits per heavy atom. The highest BCUT2D eigenvalue weighted by atomic mass is 35.5. The molecular formula is C19H21Cl2N3O. The predicted molar refractivity (Wildman–Crippen MR) is 105 cm³/mol. The van der Waals surface area contributed by atoms with Crippen molar-refractivity contribution < 1.29 is 4.79 Å². The van der Waals surface area contributed by atoms with E-state index in [4.69, 9.17) is 23.2 Å². The number of nitrogens with zero attached hydrogens (tertiary/aromatic N) is 2. The molecule has 2 amide bonds. The SMILES string of the molecule is Cc1ccc(NC(=O)N2CCN(c3ccc(Cl)c(Cl)c3)CC2)c(C)c1. The largest absolute Gasteiger partial charge is 0.368 e. The lowest BCUT2D eigenvalue weighted by Crippen LogP contribution is -2.50. The van der Waals surface area contributed by atoms with Gasteiger partial charge < -0.3 is 15.1 Å². The van der Waals surface area contributed by atoms with Gasteiger partial charge in [-0.05, 0) is 43.7 Å². The Bertz CT molecular complexity index is 786. The van der Waals surface area contributed by atoms with E-state index in [1.165, 1.54) is 5.56 Å². The zero-order valence-corrected chi connectivity index (χ0v) is 15.9. The zero-order valence-electron chi connectivity index (χ0n) is 14.4. The van der Waals surface area contributed by atoms with Crippen molar-refractivity contribution in [3.8, 4) is 0 Å². The van der Waals surface area contributed by atoms with Crippen molar-refractivity contribution in [2.45, 2.75) is 13.8 Å². The molecule has 0 bridgehead atoms. The average Bonchev–Trinajstić information content (AvgIpc) is 2.60. The molecule has 3 rings (SSSR count). The lowest BCUT2D eigenvalue weighted by atomic mass is 10.1. The molecule has 0 unspecified atom stereocenters. The van der Waals surface area contributed by atoms with Crippen molar-refractivity contribution >= 4 is 40.6 Å². The van der Waals surface area contributed by atoms with Gasteiger partial charge in [0.15, 0.2) is 0 Å². The molecule has 2 aromatic carbocycles. The van der Waals surface area contributed by atoms with E-state index in [-0.39, 0.29) is 6.03 Å². The highest BCUT2D eigenvalue weighted by molar-refractivity contribution is 6.42. The van der Waals surface area contributed by atoms with Gasteiger partial charge in [-0.2, -0.15) is 0 Å². The third-order valence-corrected chi connectivity index (χ3v) is 5.20. The van der Waals surface area contributed by atoms with Crippen LogP contribution >= 0.6 is 23.2 Å². The minimum atomic E-state index is -0.0549. The van der Waals surface area contributed by atoms with Crippen LogP contribution in [0.15, 0.2) is 36.4 Å². The number of benzene rings is 2. The number of urea groups is 1. The second kappa shape index (κ2) is 7.54. The molecule has 1 saturated heterocycles. The van der Waals surface area contributed by atoms with Crippen LogP contribution in [-0.2, 0) is 0 Å². The van der Waals surface area contributed by atoms with Gasteiger partial charge in [0.25, 0.3) is 0 Å². The zero-order chi connectivity index (χ0) is 18.0. The van der Waals surface area contributed by atoms with Crippen molar-refractivity contribution in [2.24, 2.45) is 0 Å². The maximum Gasteiger partial charge on any atom is 0.321 e. The van der Waals surface area contributed by atoms with Crippen molar-refractivity contribution in [2.75, 3.05) is 36.4 Å². The van der Waals surface area contributed by atoms with Crippen LogP contribution in [0.4, 0.5) is 16.2 Å². The highest BCUT2D eigenvalue weighted by Crippen LogP contribution is 2.28. The Kier molecular flexibility index (Phi) is 5.40. The number of anilines is 2. The van der Waals surface area contributed by atoms with Gasteiger partial charge in [0.1, 0.15) is 0 Å². The Balaban J connectivity index is 1.59. The number of hydrogen-bond acceptors (Lipinski definition) is 2. The molecular weight excluding hydrogens is 357 g/mol. The molecule has 132 valence electrons. The van der Waals surface area contributed by atoms with E-state index >= 15 is 0 Å². The Labute approximate surface area is 158 Å². The van der Waals surface area contributed by atoms with Gasteiger partial charge in [0.2, 0.25) is 0 Å². The van der Waals surface area contributed by atoms with Crippen LogP contribution in [0, 0.1) is 13.8 Å². The van der Waals surface area contributed by atoms with Gasteiger partial charge >= 0.3 is 6.03 Å². The summed E-state index contributed by atoms with van der Waals surface area (Å²) in [6, 6.07) is 11.6. The maximum atomic E-state index is 12.5. The Hall–Kier alpha value is -1.91. The minimum Gasteiger partial charge on any atom is -0.368 e. The molecule has 0 spiro atoms. The minimum absolute atomic E-state index is 0.0549. The molecule has 0 atom stereocenters. The van der Waals surface area contributed by atoms with E-state index in [1.807, 2.05) is 43.0 Å². The summed E-state index contributed by atoms with van der Waals surface area (Å²) in [5, 5.41) is 4.11.